The Hall–Kier alpha value is -3.22. The third kappa shape index (κ3) is 7.31. The number of carboxylic acid groups (broad SMARTS) is 1. The molecule has 5 amide bonds. The van der Waals surface area contributed by atoms with E-state index in [4.69, 9.17) is 22.3 Å². The zero-order valence-electron chi connectivity index (χ0n) is 16.6. The Morgan fingerprint density at radius 1 is 1.07 bits per heavy atom. The zero-order chi connectivity index (χ0) is 23.0. The number of hydrogen-bond donors (Lipinski definition) is 6. The van der Waals surface area contributed by atoms with Crippen molar-refractivity contribution in [2.75, 3.05) is 6.54 Å². The number of nitrogens with two attached hydrogens (primary N) is 3. The van der Waals surface area contributed by atoms with Crippen molar-refractivity contribution in [3.05, 3.63) is 0 Å². The molecule has 9 N–H and O–H groups in total. The minimum absolute atomic E-state index is 0.205. The van der Waals surface area contributed by atoms with E-state index in [2.05, 4.69) is 10.6 Å². The molecule has 0 spiro atoms. The van der Waals surface area contributed by atoms with Gasteiger partial charge in [0, 0.05) is 13.0 Å². The van der Waals surface area contributed by atoms with E-state index in [1.807, 2.05) is 0 Å². The molecule has 0 bridgehead atoms. The van der Waals surface area contributed by atoms with Gasteiger partial charge in [0.05, 0.1) is 12.5 Å². The number of hydrogen-bond acceptors (Lipinski definition) is 7. The zero-order valence-corrected chi connectivity index (χ0v) is 16.6. The monoisotopic (exact) mass is 428 g/mol. The number of carbonyl (C=O) groups is 6. The fourth-order valence-electron chi connectivity index (χ4n) is 3.06. The summed E-state index contributed by atoms with van der Waals surface area (Å²) in [6.07, 6.45) is -0.206. The summed E-state index contributed by atoms with van der Waals surface area (Å²) in [6.45, 7) is 1.82. The Balaban J connectivity index is 2.93. The average molecular weight is 428 g/mol. The highest BCUT2D eigenvalue weighted by Gasteiger charge is 2.37. The number of nitrogens with zero attached hydrogens (tertiary/aromatic N) is 1. The molecule has 13 nitrogen and oxygen atoms in total. The van der Waals surface area contributed by atoms with Crippen LogP contribution in [0.1, 0.15) is 39.0 Å². The third-order valence-corrected chi connectivity index (χ3v) is 4.56. The lowest BCUT2D eigenvalue weighted by molar-refractivity contribution is -0.144. The van der Waals surface area contributed by atoms with Crippen LogP contribution in [-0.4, -0.2) is 76.2 Å². The van der Waals surface area contributed by atoms with Crippen molar-refractivity contribution in [3.63, 3.8) is 0 Å². The predicted octanol–water partition coefficient (Wildman–Crippen LogP) is -3.48. The maximum absolute atomic E-state index is 12.7. The molecule has 0 saturated carbocycles. The van der Waals surface area contributed by atoms with Crippen molar-refractivity contribution in [3.8, 4) is 0 Å². The number of aliphatic carboxylic acids is 1. The predicted molar refractivity (Wildman–Crippen MR) is 102 cm³/mol. The topological polar surface area (TPSA) is 228 Å². The fraction of sp³-hybridized carbons (Fsp3) is 0.647. The molecule has 1 saturated heterocycles. The average Bonchev–Trinajstić information content (AvgIpc) is 3.12. The van der Waals surface area contributed by atoms with Crippen LogP contribution in [0.2, 0.25) is 0 Å². The van der Waals surface area contributed by atoms with Crippen molar-refractivity contribution in [2.24, 2.45) is 17.2 Å². The number of primary amides is 2. The number of nitrogens with one attached hydrogen (secondary N) is 2. The van der Waals surface area contributed by atoms with Gasteiger partial charge in [-0.15, -0.1) is 0 Å². The summed E-state index contributed by atoms with van der Waals surface area (Å²) in [4.78, 5) is 72.1. The molecule has 1 heterocycles. The lowest BCUT2D eigenvalue weighted by atomic mass is 10.1. The van der Waals surface area contributed by atoms with Crippen molar-refractivity contribution in [2.45, 2.75) is 63.2 Å². The van der Waals surface area contributed by atoms with Crippen molar-refractivity contribution in [1.82, 2.24) is 15.5 Å². The van der Waals surface area contributed by atoms with Gasteiger partial charge in [0.1, 0.15) is 18.1 Å². The third-order valence-electron chi connectivity index (χ3n) is 4.56. The molecule has 1 rings (SSSR count). The van der Waals surface area contributed by atoms with Gasteiger partial charge in [-0.1, -0.05) is 0 Å². The number of likely N-dealkylation sites (tertiary alicyclic amines) is 1. The Morgan fingerprint density at radius 2 is 1.70 bits per heavy atom. The summed E-state index contributed by atoms with van der Waals surface area (Å²) in [6, 6.07) is -4.58. The van der Waals surface area contributed by atoms with Crippen LogP contribution in [0.5, 0.6) is 0 Å². The van der Waals surface area contributed by atoms with E-state index >= 15 is 0 Å². The van der Waals surface area contributed by atoms with Crippen LogP contribution in [0.25, 0.3) is 0 Å². The van der Waals surface area contributed by atoms with Gasteiger partial charge < -0.3 is 37.8 Å². The van der Waals surface area contributed by atoms with Gasteiger partial charge in [0.15, 0.2) is 0 Å². The molecule has 1 aliphatic rings. The van der Waals surface area contributed by atoms with Crippen molar-refractivity contribution < 1.29 is 33.9 Å². The lowest BCUT2D eigenvalue weighted by Crippen LogP contribution is -2.56. The summed E-state index contributed by atoms with van der Waals surface area (Å²) >= 11 is 0. The van der Waals surface area contributed by atoms with Gasteiger partial charge in [-0.2, -0.15) is 0 Å². The molecular weight excluding hydrogens is 400 g/mol. The molecule has 0 radical (unpaired) electrons. The molecule has 4 atom stereocenters. The van der Waals surface area contributed by atoms with Crippen LogP contribution in [-0.2, 0) is 28.8 Å². The molecule has 4 unspecified atom stereocenters. The van der Waals surface area contributed by atoms with Crippen LogP contribution in [0.3, 0.4) is 0 Å². The maximum Gasteiger partial charge on any atom is 0.326 e. The number of amides is 5. The summed E-state index contributed by atoms with van der Waals surface area (Å²) in [5.41, 5.74) is 15.7. The molecule has 30 heavy (non-hydrogen) atoms. The largest absolute Gasteiger partial charge is 0.480 e. The number of rotatable bonds is 11. The lowest BCUT2D eigenvalue weighted by Gasteiger charge is -2.27. The molecular formula is C17H28N6O7. The molecule has 1 aliphatic heterocycles. The second kappa shape index (κ2) is 11.1. The van der Waals surface area contributed by atoms with E-state index in [1.165, 1.54) is 11.8 Å². The van der Waals surface area contributed by atoms with Crippen LogP contribution in [0.15, 0.2) is 0 Å². The number of carboxylic acids is 1. The highest BCUT2D eigenvalue weighted by molar-refractivity contribution is 5.95. The second-order valence-electron chi connectivity index (χ2n) is 7.11. The fourth-order valence-corrected chi connectivity index (χ4v) is 3.06. The second-order valence-corrected chi connectivity index (χ2v) is 7.11. The number of carbonyl (C=O) groups excluding carboxylic acids is 5. The molecule has 0 aromatic rings. The highest BCUT2D eigenvalue weighted by Crippen LogP contribution is 2.18. The van der Waals surface area contributed by atoms with Gasteiger partial charge >= 0.3 is 5.97 Å². The van der Waals surface area contributed by atoms with E-state index in [0.717, 1.165) is 0 Å². The van der Waals surface area contributed by atoms with Crippen molar-refractivity contribution >= 4 is 35.5 Å². The molecule has 0 aromatic heterocycles. The molecule has 0 aliphatic carbocycles. The molecule has 1 fully saturated rings. The molecule has 13 heteroatoms. The van der Waals surface area contributed by atoms with E-state index < -0.39 is 66.1 Å². The first-order chi connectivity index (χ1) is 13.9. The van der Waals surface area contributed by atoms with Gasteiger partial charge in [-0.25, -0.2) is 4.79 Å². The van der Waals surface area contributed by atoms with Crippen molar-refractivity contribution in [1.29, 1.82) is 0 Å². The minimum atomic E-state index is -1.61. The summed E-state index contributed by atoms with van der Waals surface area (Å²) in [5, 5.41) is 13.7. The highest BCUT2D eigenvalue weighted by atomic mass is 16.4. The van der Waals surface area contributed by atoms with Gasteiger partial charge in [-0.05, 0) is 26.2 Å². The summed E-state index contributed by atoms with van der Waals surface area (Å²) < 4.78 is 0. The summed E-state index contributed by atoms with van der Waals surface area (Å²) in [5.74, 6) is -5.17. The maximum atomic E-state index is 12.7. The smallest absolute Gasteiger partial charge is 0.326 e. The van der Waals surface area contributed by atoms with Gasteiger partial charge in [0.2, 0.25) is 29.5 Å². The van der Waals surface area contributed by atoms with E-state index in [0.29, 0.717) is 19.4 Å². The van der Waals surface area contributed by atoms with E-state index in [9.17, 15) is 28.8 Å². The van der Waals surface area contributed by atoms with E-state index in [-0.39, 0.29) is 12.8 Å². The van der Waals surface area contributed by atoms with Crippen LogP contribution in [0.4, 0.5) is 0 Å². The normalized spacial score (nSPS) is 18.7. The first-order valence-electron chi connectivity index (χ1n) is 9.40. The molecule has 0 aromatic carbocycles. The van der Waals surface area contributed by atoms with Gasteiger partial charge in [0.25, 0.3) is 0 Å². The Bertz CT molecular complexity index is 711. The first-order valence-corrected chi connectivity index (χ1v) is 9.40. The minimum Gasteiger partial charge on any atom is -0.480 e. The Labute approximate surface area is 172 Å². The van der Waals surface area contributed by atoms with E-state index in [1.54, 1.807) is 0 Å². The Kier molecular flexibility index (Phi) is 9.17. The molecule has 168 valence electrons. The van der Waals surface area contributed by atoms with Crippen LogP contribution < -0.4 is 27.8 Å². The van der Waals surface area contributed by atoms with Gasteiger partial charge in [-0.3, -0.25) is 24.0 Å². The quantitative estimate of drug-likeness (QED) is 0.193. The summed E-state index contributed by atoms with van der Waals surface area (Å²) in [7, 11) is 0. The Morgan fingerprint density at radius 3 is 2.20 bits per heavy atom. The standard InChI is InChI=1S/C17H28N6O7/c1-8(18)16(28)23-6-2-3-11(23)15(27)21-9(4-5-12(19)24)14(26)22-10(17(29)30)7-13(20)25/h8-11H,2-7,18H2,1H3,(H2,19,24)(H2,20,25)(H,21,27)(H,22,26)(H,29,30). The first kappa shape index (κ1) is 24.8. The SMILES string of the molecule is CC(N)C(=O)N1CCCC1C(=O)NC(CCC(N)=O)C(=O)NC(CC(N)=O)C(=O)O. The van der Waals surface area contributed by atoms with Crippen LogP contribution >= 0.6 is 0 Å². The van der Waals surface area contributed by atoms with Crippen LogP contribution in [0, 0.1) is 0 Å².